The molecule has 0 fully saturated rings. The van der Waals surface area contributed by atoms with E-state index in [4.69, 9.17) is 0 Å². The zero-order valence-corrected chi connectivity index (χ0v) is 15.0. The topological polar surface area (TPSA) is 76.9 Å². The number of ketones is 1. The molecule has 6 nitrogen and oxygen atoms in total. The van der Waals surface area contributed by atoms with Crippen LogP contribution in [0.25, 0.3) is 11.3 Å². The van der Waals surface area contributed by atoms with Gasteiger partial charge in [0.2, 0.25) is 0 Å². The molecule has 0 saturated heterocycles. The highest BCUT2D eigenvalue weighted by molar-refractivity contribution is 6.05. The number of carbonyl (C=O) groups excluding carboxylic acids is 1. The summed E-state index contributed by atoms with van der Waals surface area (Å²) in [5, 5.41) is 7.59. The summed E-state index contributed by atoms with van der Waals surface area (Å²) in [4.78, 5) is 29.4. The normalized spacial score (nSPS) is 10.6. The minimum Gasteiger partial charge on any atom is -0.350 e. The van der Waals surface area contributed by atoms with Crippen molar-refractivity contribution in [2.24, 2.45) is 0 Å². The van der Waals surface area contributed by atoms with Crippen molar-refractivity contribution in [2.45, 2.75) is 27.3 Å². The number of carbonyl (C=O) groups is 1. The van der Waals surface area contributed by atoms with Crippen LogP contribution < -0.4 is 10.9 Å². The molecule has 0 amide bonds. The molecule has 0 aliphatic rings. The third kappa shape index (κ3) is 3.26. The molecule has 2 aromatic heterocycles. The highest BCUT2D eigenvalue weighted by Gasteiger charge is 2.22. The van der Waals surface area contributed by atoms with Crippen molar-refractivity contribution in [3.8, 4) is 11.3 Å². The SMILES string of the molecule is CCn1nc(-c2ccncc2)c(C(C)=O)c(Nc2ccccc2C)c1=O. The molecule has 26 heavy (non-hydrogen) atoms. The van der Waals surface area contributed by atoms with E-state index in [-0.39, 0.29) is 22.6 Å². The highest BCUT2D eigenvalue weighted by Crippen LogP contribution is 2.28. The Hall–Kier alpha value is -3.28. The predicted molar refractivity (Wildman–Crippen MR) is 102 cm³/mol. The summed E-state index contributed by atoms with van der Waals surface area (Å²) >= 11 is 0. The molecule has 3 rings (SSSR count). The van der Waals surface area contributed by atoms with Crippen molar-refractivity contribution in [3.05, 3.63) is 70.3 Å². The molecule has 0 aliphatic carbocycles. The first-order valence-corrected chi connectivity index (χ1v) is 8.42. The van der Waals surface area contributed by atoms with Gasteiger partial charge >= 0.3 is 0 Å². The minimum atomic E-state index is -0.321. The molecule has 0 aliphatic heterocycles. The molecule has 3 aromatic rings. The first kappa shape index (κ1) is 17.5. The van der Waals surface area contributed by atoms with Gasteiger partial charge in [-0.1, -0.05) is 18.2 Å². The molecule has 0 radical (unpaired) electrons. The number of aromatic nitrogens is 3. The zero-order chi connectivity index (χ0) is 18.7. The third-order valence-corrected chi connectivity index (χ3v) is 4.17. The Morgan fingerprint density at radius 3 is 2.46 bits per heavy atom. The fourth-order valence-corrected chi connectivity index (χ4v) is 2.80. The molecule has 0 atom stereocenters. The van der Waals surface area contributed by atoms with Crippen molar-refractivity contribution in [1.29, 1.82) is 0 Å². The number of nitrogens with zero attached hydrogens (tertiary/aromatic N) is 3. The maximum Gasteiger partial charge on any atom is 0.291 e. The lowest BCUT2D eigenvalue weighted by Crippen LogP contribution is -2.28. The summed E-state index contributed by atoms with van der Waals surface area (Å²) in [6, 6.07) is 11.2. The van der Waals surface area contributed by atoms with E-state index < -0.39 is 0 Å². The van der Waals surface area contributed by atoms with Gasteiger partial charge in [-0.25, -0.2) is 4.68 Å². The van der Waals surface area contributed by atoms with E-state index in [2.05, 4.69) is 15.4 Å². The van der Waals surface area contributed by atoms with Crippen LogP contribution in [-0.4, -0.2) is 20.5 Å². The molecule has 0 unspecified atom stereocenters. The van der Waals surface area contributed by atoms with Crippen LogP contribution in [0.5, 0.6) is 0 Å². The van der Waals surface area contributed by atoms with Crippen molar-refractivity contribution >= 4 is 17.2 Å². The van der Waals surface area contributed by atoms with Gasteiger partial charge in [0.1, 0.15) is 11.4 Å². The number of benzene rings is 1. The maximum absolute atomic E-state index is 12.9. The molecule has 6 heteroatoms. The molecule has 0 bridgehead atoms. The smallest absolute Gasteiger partial charge is 0.291 e. The summed E-state index contributed by atoms with van der Waals surface area (Å²) in [5.74, 6) is -0.222. The number of para-hydroxylation sites is 1. The summed E-state index contributed by atoms with van der Waals surface area (Å²) in [7, 11) is 0. The van der Waals surface area contributed by atoms with Gasteiger partial charge in [0, 0.05) is 30.2 Å². The van der Waals surface area contributed by atoms with Crippen LogP contribution >= 0.6 is 0 Å². The van der Waals surface area contributed by atoms with Crippen LogP contribution in [-0.2, 0) is 6.54 Å². The van der Waals surface area contributed by atoms with Gasteiger partial charge in [0.15, 0.2) is 5.78 Å². The predicted octanol–water partition coefficient (Wildman–Crippen LogP) is 3.58. The van der Waals surface area contributed by atoms with Crippen LogP contribution in [0.2, 0.25) is 0 Å². The number of anilines is 2. The Morgan fingerprint density at radius 1 is 1.15 bits per heavy atom. The van der Waals surface area contributed by atoms with E-state index in [1.54, 1.807) is 24.5 Å². The Balaban J connectivity index is 2.30. The molecule has 132 valence electrons. The van der Waals surface area contributed by atoms with E-state index in [0.717, 1.165) is 16.8 Å². The first-order valence-electron chi connectivity index (χ1n) is 8.42. The minimum absolute atomic E-state index is 0.222. The van der Waals surface area contributed by atoms with E-state index in [1.807, 2.05) is 38.1 Å². The summed E-state index contributed by atoms with van der Waals surface area (Å²) in [5.41, 5.74) is 3.18. The summed E-state index contributed by atoms with van der Waals surface area (Å²) < 4.78 is 1.36. The summed E-state index contributed by atoms with van der Waals surface area (Å²) in [6.45, 7) is 5.63. The van der Waals surface area contributed by atoms with Crippen LogP contribution in [0.4, 0.5) is 11.4 Å². The Kier molecular flexibility index (Phi) is 4.93. The molecular formula is C20H20N4O2. The van der Waals surface area contributed by atoms with Gasteiger partial charge in [-0.15, -0.1) is 0 Å². The Labute approximate surface area is 151 Å². The standard InChI is InChI=1S/C20H20N4O2/c1-4-24-20(26)19(22-16-8-6-5-7-13(16)2)17(14(3)25)18(23-24)15-9-11-21-12-10-15/h5-12,22H,4H2,1-3H3. The van der Waals surface area contributed by atoms with Gasteiger partial charge in [0.25, 0.3) is 5.56 Å². The number of nitrogens with one attached hydrogen (secondary N) is 1. The maximum atomic E-state index is 12.9. The van der Waals surface area contributed by atoms with Gasteiger partial charge in [-0.05, 0) is 44.5 Å². The fraction of sp³-hybridized carbons (Fsp3) is 0.200. The second-order valence-electron chi connectivity index (χ2n) is 5.95. The number of Topliss-reactive ketones (excluding diaryl/α,β-unsaturated/α-hetero) is 1. The van der Waals surface area contributed by atoms with Crippen molar-refractivity contribution in [3.63, 3.8) is 0 Å². The monoisotopic (exact) mass is 348 g/mol. The van der Waals surface area contributed by atoms with E-state index in [0.29, 0.717) is 12.2 Å². The van der Waals surface area contributed by atoms with Crippen LogP contribution in [0, 0.1) is 6.92 Å². The Morgan fingerprint density at radius 2 is 1.85 bits per heavy atom. The number of pyridine rings is 1. The van der Waals surface area contributed by atoms with E-state index >= 15 is 0 Å². The lowest BCUT2D eigenvalue weighted by atomic mass is 10.0. The number of hydrogen-bond acceptors (Lipinski definition) is 5. The van der Waals surface area contributed by atoms with Gasteiger partial charge in [-0.2, -0.15) is 5.10 Å². The largest absolute Gasteiger partial charge is 0.350 e. The highest BCUT2D eigenvalue weighted by atomic mass is 16.1. The number of hydrogen-bond donors (Lipinski definition) is 1. The van der Waals surface area contributed by atoms with Gasteiger partial charge < -0.3 is 5.32 Å². The average Bonchev–Trinajstić information content (AvgIpc) is 2.65. The molecule has 2 heterocycles. The second-order valence-corrected chi connectivity index (χ2v) is 5.95. The summed E-state index contributed by atoms with van der Waals surface area (Å²) in [6.07, 6.45) is 3.27. The number of rotatable bonds is 5. The second kappa shape index (κ2) is 7.31. The van der Waals surface area contributed by atoms with Gasteiger partial charge in [0.05, 0.1) is 5.56 Å². The average molecular weight is 348 g/mol. The van der Waals surface area contributed by atoms with Crippen LogP contribution in [0.1, 0.15) is 29.8 Å². The van der Waals surface area contributed by atoms with Gasteiger partial charge in [-0.3, -0.25) is 14.6 Å². The number of aryl methyl sites for hydroxylation is 2. The van der Waals surface area contributed by atoms with Crippen molar-refractivity contribution in [1.82, 2.24) is 14.8 Å². The lowest BCUT2D eigenvalue weighted by Gasteiger charge is -2.17. The lowest BCUT2D eigenvalue weighted by molar-refractivity contribution is 0.101. The molecule has 0 saturated carbocycles. The molecule has 0 spiro atoms. The Bertz CT molecular complexity index is 1010. The third-order valence-electron chi connectivity index (χ3n) is 4.17. The quantitative estimate of drug-likeness (QED) is 0.713. The molecule has 1 N–H and O–H groups in total. The van der Waals surface area contributed by atoms with E-state index in [9.17, 15) is 9.59 Å². The van der Waals surface area contributed by atoms with Crippen LogP contribution in [0.15, 0.2) is 53.6 Å². The molecule has 1 aromatic carbocycles. The van der Waals surface area contributed by atoms with Crippen LogP contribution in [0.3, 0.4) is 0 Å². The zero-order valence-electron chi connectivity index (χ0n) is 15.0. The fourth-order valence-electron chi connectivity index (χ4n) is 2.80. The van der Waals surface area contributed by atoms with E-state index in [1.165, 1.54) is 11.6 Å². The van der Waals surface area contributed by atoms with Crippen molar-refractivity contribution < 1.29 is 4.79 Å². The molecular weight excluding hydrogens is 328 g/mol. The van der Waals surface area contributed by atoms with Crippen molar-refractivity contribution in [2.75, 3.05) is 5.32 Å². The first-order chi connectivity index (χ1) is 12.5.